The first kappa shape index (κ1) is 24.8. The van der Waals surface area contributed by atoms with E-state index >= 15 is 0 Å². The highest BCUT2D eigenvalue weighted by Crippen LogP contribution is 2.35. The van der Waals surface area contributed by atoms with Gasteiger partial charge in [0.25, 0.3) is 5.69 Å². The summed E-state index contributed by atoms with van der Waals surface area (Å²) in [6.07, 6.45) is 0. The van der Waals surface area contributed by atoms with Crippen molar-refractivity contribution in [1.82, 2.24) is 9.80 Å². The largest absolute Gasteiger partial charge is 0.342 e. The molecule has 2 unspecified atom stereocenters. The van der Waals surface area contributed by atoms with Gasteiger partial charge in [-0.15, -0.1) is 0 Å². The zero-order valence-electron chi connectivity index (χ0n) is 19.9. The Balaban J connectivity index is 1.87. The minimum Gasteiger partial charge on any atom is -0.342 e. The smallest absolute Gasteiger partial charge is 0.273 e. The van der Waals surface area contributed by atoms with Crippen LogP contribution in [0.4, 0.5) is 10.1 Å². The monoisotopic (exact) mass is 455 g/mol. The predicted molar refractivity (Wildman–Crippen MR) is 127 cm³/mol. The van der Waals surface area contributed by atoms with Crippen molar-refractivity contribution in [1.29, 1.82) is 0 Å². The molecule has 6 nitrogen and oxygen atoms in total. The lowest BCUT2D eigenvalue weighted by atomic mass is 9.88. The van der Waals surface area contributed by atoms with Gasteiger partial charge in [-0.25, -0.2) is 4.39 Å². The topological polar surface area (TPSA) is 66.7 Å². The molecule has 7 heteroatoms. The van der Waals surface area contributed by atoms with Crippen LogP contribution in [0.5, 0.6) is 0 Å². The molecule has 178 valence electrons. The van der Waals surface area contributed by atoms with Gasteiger partial charge < -0.3 is 4.90 Å². The molecule has 1 heterocycles. The molecule has 1 aliphatic heterocycles. The third-order valence-electron chi connectivity index (χ3n) is 6.22. The molecule has 0 saturated carbocycles. The lowest BCUT2D eigenvalue weighted by Gasteiger charge is -2.31. The van der Waals surface area contributed by atoms with Gasteiger partial charge in [0.15, 0.2) is 0 Å². The van der Waals surface area contributed by atoms with Gasteiger partial charge in [0, 0.05) is 56.2 Å². The van der Waals surface area contributed by atoms with Crippen molar-refractivity contribution in [2.45, 2.75) is 40.2 Å². The number of hydrogen-bond acceptors (Lipinski definition) is 4. The summed E-state index contributed by atoms with van der Waals surface area (Å²) >= 11 is 0. The van der Waals surface area contributed by atoms with E-state index in [1.54, 1.807) is 24.3 Å². The van der Waals surface area contributed by atoms with Crippen LogP contribution >= 0.6 is 0 Å². The number of nitro groups is 1. The molecule has 1 aliphatic rings. The molecule has 1 fully saturated rings. The lowest BCUT2D eigenvalue weighted by Crippen LogP contribution is -2.41. The normalized spacial score (nSPS) is 18.8. The highest BCUT2D eigenvalue weighted by molar-refractivity contribution is 5.78. The number of carbonyl (C=O) groups excluding carboxylic acids is 1. The maximum absolute atomic E-state index is 14.0. The summed E-state index contributed by atoms with van der Waals surface area (Å²) < 4.78 is 14.0. The van der Waals surface area contributed by atoms with Crippen molar-refractivity contribution in [2.75, 3.05) is 26.2 Å². The van der Waals surface area contributed by atoms with Gasteiger partial charge >= 0.3 is 0 Å². The van der Waals surface area contributed by atoms with Crippen molar-refractivity contribution >= 4 is 11.6 Å². The molecule has 1 saturated heterocycles. The maximum atomic E-state index is 14.0. The number of nitrogens with zero attached hydrogens (tertiary/aromatic N) is 3. The van der Waals surface area contributed by atoms with E-state index in [9.17, 15) is 19.3 Å². The predicted octanol–water partition coefficient (Wildman–Crippen LogP) is 5.09. The van der Waals surface area contributed by atoms with Gasteiger partial charge in [-0.3, -0.25) is 19.8 Å². The van der Waals surface area contributed by atoms with Gasteiger partial charge in [0.05, 0.1) is 4.92 Å². The quantitative estimate of drug-likeness (QED) is 0.390. The van der Waals surface area contributed by atoms with E-state index in [1.165, 1.54) is 12.1 Å². The molecule has 1 amide bonds. The molecule has 0 aliphatic carbocycles. The van der Waals surface area contributed by atoms with E-state index in [1.807, 2.05) is 30.9 Å². The number of carbonyl (C=O) groups is 1. The zero-order valence-corrected chi connectivity index (χ0v) is 19.9. The number of halogens is 1. The number of nitro benzene ring substituents is 1. The van der Waals surface area contributed by atoms with Gasteiger partial charge in [-0.05, 0) is 29.5 Å². The van der Waals surface area contributed by atoms with Crippen LogP contribution in [-0.2, 0) is 11.3 Å². The molecular formula is C26H34FN3O3. The highest BCUT2D eigenvalue weighted by Gasteiger charge is 2.37. The summed E-state index contributed by atoms with van der Waals surface area (Å²) in [5, 5.41) is 11.5. The van der Waals surface area contributed by atoms with Crippen LogP contribution in [0.2, 0.25) is 0 Å². The van der Waals surface area contributed by atoms with Crippen LogP contribution in [0.3, 0.4) is 0 Å². The SMILES string of the molecule is CC(C)CN(CC1CN(Cc2ccccc2[N+](=O)[O-])CC1c1cccc(F)c1)C(=O)C(C)C. The minimum absolute atomic E-state index is 0.0399. The Bertz CT molecular complexity index is 979. The molecule has 0 aromatic heterocycles. The van der Waals surface area contributed by atoms with Gasteiger partial charge in [0.1, 0.15) is 5.82 Å². The average Bonchev–Trinajstić information content (AvgIpc) is 3.14. The molecule has 0 radical (unpaired) electrons. The lowest BCUT2D eigenvalue weighted by molar-refractivity contribution is -0.385. The van der Waals surface area contributed by atoms with Gasteiger partial charge in [-0.2, -0.15) is 0 Å². The number of likely N-dealkylation sites (tertiary alicyclic amines) is 1. The van der Waals surface area contributed by atoms with Crippen LogP contribution in [0.25, 0.3) is 0 Å². The highest BCUT2D eigenvalue weighted by atomic mass is 19.1. The molecule has 0 spiro atoms. The third-order valence-corrected chi connectivity index (χ3v) is 6.22. The summed E-state index contributed by atoms with van der Waals surface area (Å²) in [5.74, 6) is 0.235. The molecule has 2 atom stereocenters. The van der Waals surface area contributed by atoms with E-state index in [2.05, 4.69) is 18.7 Å². The summed E-state index contributed by atoms with van der Waals surface area (Å²) in [6, 6.07) is 13.5. The fourth-order valence-corrected chi connectivity index (χ4v) is 4.80. The van der Waals surface area contributed by atoms with Crippen molar-refractivity contribution in [2.24, 2.45) is 17.8 Å². The summed E-state index contributed by atoms with van der Waals surface area (Å²) in [7, 11) is 0. The molecular weight excluding hydrogens is 421 g/mol. The van der Waals surface area contributed by atoms with E-state index in [4.69, 9.17) is 0 Å². The molecule has 0 bridgehead atoms. The van der Waals surface area contributed by atoms with Crippen molar-refractivity contribution in [3.63, 3.8) is 0 Å². The zero-order chi connectivity index (χ0) is 24.1. The van der Waals surface area contributed by atoms with Crippen LogP contribution in [0, 0.1) is 33.7 Å². The number of benzene rings is 2. The van der Waals surface area contributed by atoms with Gasteiger partial charge in [-0.1, -0.05) is 58.0 Å². The fraction of sp³-hybridized carbons (Fsp3) is 0.500. The Morgan fingerprint density at radius 1 is 1.15 bits per heavy atom. The molecule has 33 heavy (non-hydrogen) atoms. The van der Waals surface area contributed by atoms with Crippen LogP contribution in [0.1, 0.15) is 44.7 Å². The van der Waals surface area contributed by atoms with Crippen LogP contribution < -0.4 is 0 Å². The van der Waals surface area contributed by atoms with Crippen molar-refractivity contribution in [3.05, 3.63) is 75.6 Å². The van der Waals surface area contributed by atoms with Crippen molar-refractivity contribution < 1.29 is 14.1 Å². The van der Waals surface area contributed by atoms with Crippen LogP contribution in [-0.4, -0.2) is 46.8 Å². The molecule has 3 rings (SSSR count). The Hall–Kier alpha value is -2.80. The number of hydrogen-bond donors (Lipinski definition) is 0. The molecule has 2 aromatic rings. The second-order valence-electron chi connectivity index (χ2n) is 9.79. The third kappa shape index (κ3) is 6.38. The fourth-order valence-electron chi connectivity index (χ4n) is 4.80. The van der Waals surface area contributed by atoms with E-state index < -0.39 is 0 Å². The molecule has 2 aromatic carbocycles. The first-order valence-electron chi connectivity index (χ1n) is 11.6. The van der Waals surface area contributed by atoms with Crippen molar-refractivity contribution in [3.8, 4) is 0 Å². The Morgan fingerprint density at radius 2 is 1.88 bits per heavy atom. The molecule has 0 N–H and O–H groups in total. The Kier molecular flexibility index (Phi) is 8.19. The van der Waals surface area contributed by atoms with E-state index in [-0.39, 0.29) is 40.1 Å². The van der Waals surface area contributed by atoms with Gasteiger partial charge in [0.2, 0.25) is 5.91 Å². The van der Waals surface area contributed by atoms with E-state index in [0.29, 0.717) is 44.2 Å². The van der Waals surface area contributed by atoms with E-state index in [0.717, 1.165) is 5.56 Å². The standard InChI is InChI=1S/C26H34FN3O3/c1-18(2)13-29(26(31)19(3)4)16-22-15-28(14-21-8-5-6-11-25(21)30(32)33)17-24(22)20-9-7-10-23(27)12-20/h5-12,18-19,22,24H,13-17H2,1-4H3. The minimum atomic E-state index is -0.349. The first-order chi connectivity index (χ1) is 15.7. The summed E-state index contributed by atoms with van der Waals surface area (Å²) in [5.41, 5.74) is 1.68. The first-order valence-corrected chi connectivity index (χ1v) is 11.6. The number of rotatable bonds is 9. The summed E-state index contributed by atoms with van der Waals surface area (Å²) in [4.78, 5) is 28.2. The van der Waals surface area contributed by atoms with Crippen LogP contribution in [0.15, 0.2) is 48.5 Å². The number of amides is 1. The maximum Gasteiger partial charge on any atom is 0.273 e. The number of para-hydroxylation sites is 1. The second kappa shape index (κ2) is 10.9. The Labute approximate surface area is 195 Å². The Morgan fingerprint density at radius 3 is 2.52 bits per heavy atom. The second-order valence-corrected chi connectivity index (χ2v) is 9.79. The summed E-state index contributed by atoms with van der Waals surface area (Å²) in [6.45, 7) is 11.1. The average molecular weight is 456 g/mol.